The number of benzene rings is 2. The fourth-order valence-electron chi connectivity index (χ4n) is 3.54. The number of carbonyl (C=O) groups is 2. The summed E-state index contributed by atoms with van der Waals surface area (Å²) in [6, 6.07) is 19.0. The van der Waals surface area contributed by atoms with Crippen LogP contribution < -0.4 is 0 Å². The van der Waals surface area contributed by atoms with E-state index in [2.05, 4.69) is 4.99 Å². The molecule has 0 fully saturated rings. The molecule has 0 radical (unpaired) electrons. The number of hydrogen-bond acceptors (Lipinski definition) is 2. The first kappa shape index (κ1) is 14.6. The van der Waals surface area contributed by atoms with Gasteiger partial charge in [-0.1, -0.05) is 60.7 Å². The minimum atomic E-state index is -0.801. The Morgan fingerprint density at radius 2 is 1.50 bits per heavy atom. The van der Waals surface area contributed by atoms with Gasteiger partial charge in [-0.15, -0.1) is 0 Å². The summed E-state index contributed by atoms with van der Waals surface area (Å²) in [6.45, 7) is 1.91. The van der Waals surface area contributed by atoms with Crippen LogP contribution in [0.2, 0.25) is 0 Å². The van der Waals surface area contributed by atoms with Crippen molar-refractivity contribution in [3.8, 4) is 0 Å². The first-order chi connectivity index (χ1) is 11.5. The van der Waals surface area contributed by atoms with Crippen LogP contribution in [0.15, 0.2) is 76.8 Å². The van der Waals surface area contributed by atoms with E-state index in [0.717, 1.165) is 11.1 Å². The normalized spacial score (nSPS) is 22.9. The van der Waals surface area contributed by atoms with Crippen LogP contribution in [0.5, 0.6) is 0 Å². The van der Waals surface area contributed by atoms with Crippen LogP contribution in [0.3, 0.4) is 0 Å². The van der Waals surface area contributed by atoms with Crippen molar-refractivity contribution >= 4 is 17.5 Å². The molecule has 0 N–H and O–H groups in total. The third kappa shape index (κ3) is 1.77. The third-order valence-corrected chi connectivity index (χ3v) is 4.97. The highest BCUT2D eigenvalue weighted by atomic mass is 16.2. The van der Waals surface area contributed by atoms with Crippen molar-refractivity contribution in [3.63, 3.8) is 0 Å². The summed E-state index contributed by atoms with van der Waals surface area (Å²) in [7, 11) is 1.74. The standard InChI is InChI=1S/C20H16N2O2/c1-20(14-11-7-4-8-12-14)16-15(19(24)22(20)2)17(21-18(16)23)13-9-5-3-6-10-13/h3-12H,1-2H3. The summed E-state index contributed by atoms with van der Waals surface area (Å²) in [5.74, 6) is -0.488. The fourth-order valence-corrected chi connectivity index (χ4v) is 3.54. The smallest absolute Gasteiger partial charge is 0.277 e. The first-order valence-corrected chi connectivity index (χ1v) is 7.82. The van der Waals surface area contributed by atoms with Crippen LogP contribution in [0.4, 0.5) is 0 Å². The van der Waals surface area contributed by atoms with Crippen molar-refractivity contribution in [2.45, 2.75) is 12.5 Å². The Bertz CT molecular complexity index is 913. The number of rotatable bonds is 2. The van der Waals surface area contributed by atoms with Crippen LogP contribution in [-0.2, 0) is 15.1 Å². The monoisotopic (exact) mass is 316 g/mol. The number of nitrogens with zero attached hydrogens (tertiary/aromatic N) is 2. The molecule has 118 valence electrons. The predicted octanol–water partition coefficient (Wildman–Crippen LogP) is 2.70. The Kier molecular flexibility index (Phi) is 3.03. The minimum absolute atomic E-state index is 0.162. The average molecular weight is 316 g/mol. The van der Waals surface area contributed by atoms with Crippen LogP contribution >= 0.6 is 0 Å². The second-order valence-corrected chi connectivity index (χ2v) is 6.18. The molecule has 0 saturated carbocycles. The van der Waals surface area contributed by atoms with Gasteiger partial charge in [-0.25, -0.2) is 4.99 Å². The highest BCUT2D eigenvalue weighted by Gasteiger charge is 2.54. The molecule has 0 saturated heterocycles. The SMILES string of the molecule is CN1C(=O)C2=C(C(=O)N=C2c2ccccc2)C1(C)c1ccccc1. The molecule has 2 aliphatic heterocycles. The summed E-state index contributed by atoms with van der Waals surface area (Å²) >= 11 is 0. The fraction of sp³-hybridized carbons (Fsp3) is 0.150. The molecule has 1 unspecified atom stereocenters. The van der Waals surface area contributed by atoms with Gasteiger partial charge < -0.3 is 4.90 Å². The van der Waals surface area contributed by atoms with Crippen LogP contribution in [0.25, 0.3) is 0 Å². The van der Waals surface area contributed by atoms with Crippen molar-refractivity contribution < 1.29 is 9.59 Å². The molecule has 4 rings (SSSR count). The van der Waals surface area contributed by atoms with E-state index < -0.39 is 5.54 Å². The number of aliphatic imine (C=N–C) groups is 1. The Morgan fingerprint density at radius 3 is 2.12 bits per heavy atom. The summed E-state index contributed by atoms with van der Waals surface area (Å²) in [5, 5.41) is 0. The molecule has 24 heavy (non-hydrogen) atoms. The van der Waals surface area contributed by atoms with Crippen LogP contribution in [0, 0.1) is 0 Å². The van der Waals surface area contributed by atoms with Crippen molar-refractivity contribution in [3.05, 3.63) is 82.9 Å². The van der Waals surface area contributed by atoms with Gasteiger partial charge in [0.05, 0.1) is 22.4 Å². The van der Waals surface area contributed by atoms with Gasteiger partial charge in [0.25, 0.3) is 11.8 Å². The molecule has 0 aliphatic carbocycles. The molecule has 2 aromatic carbocycles. The molecular formula is C20H16N2O2. The highest BCUT2D eigenvalue weighted by molar-refractivity contribution is 6.39. The number of likely N-dealkylation sites (N-methyl/N-ethyl adjacent to an activating group) is 1. The zero-order valence-electron chi connectivity index (χ0n) is 13.5. The Labute approximate surface area is 140 Å². The second kappa shape index (κ2) is 4.99. The lowest BCUT2D eigenvalue weighted by Gasteiger charge is -2.34. The van der Waals surface area contributed by atoms with Gasteiger partial charge in [0.2, 0.25) is 0 Å². The molecule has 0 aromatic heterocycles. The lowest BCUT2D eigenvalue weighted by Crippen LogP contribution is -2.42. The van der Waals surface area contributed by atoms with Gasteiger partial charge in [0, 0.05) is 12.6 Å². The molecule has 2 aliphatic rings. The van der Waals surface area contributed by atoms with Gasteiger partial charge in [0.15, 0.2) is 0 Å². The third-order valence-electron chi connectivity index (χ3n) is 4.97. The van der Waals surface area contributed by atoms with Gasteiger partial charge >= 0.3 is 0 Å². The molecule has 4 nitrogen and oxygen atoms in total. The summed E-state index contributed by atoms with van der Waals surface area (Å²) in [5.41, 5.74) is 2.27. The largest absolute Gasteiger partial charge is 0.328 e. The van der Waals surface area contributed by atoms with E-state index in [9.17, 15) is 9.59 Å². The van der Waals surface area contributed by atoms with E-state index >= 15 is 0 Å². The Balaban J connectivity index is 1.94. The summed E-state index contributed by atoms with van der Waals surface area (Å²) in [4.78, 5) is 31.5. The molecule has 4 heteroatoms. The Morgan fingerprint density at radius 1 is 0.917 bits per heavy atom. The number of carbonyl (C=O) groups excluding carboxylic acids is 2. The van der Waals surface area contributed by atoms with Gasteiger partial charge in [-0.3, -0.25) is 9.59 Å². The lowest BCUT2D eigenvalue weighted by molar-refractivity contribution is -0.127. The second-order valence-electron chi connectivity index (χ2n) is 6.18. The molecule has 0 spiro atoms. The van der Waals surface area contributed by atoms with Gasteiger partial charge in [-0.2, -0.15) is 0 Å². The van der Waals surface area contributed by atoms with E-state index in [-0.39, 0.29) is 11.8 Å². The number of amides is 2. The number of hydrogen-bond donors (Lipinski definition) is 0. The van der Waals surface area contributed by atoms with Crippen LogP contribution in [0.1, 0.15) is 18.1 Å². The molecular weight excluding hydrogens is 300 g/mol. The quantitative estimate of drug-likeness (QED) is 0.855. The highest BCUT2D eigenvalue weighted by Crippen LogP contribution is 2.46. The average Bonchev–Trinajstić information content (AvgIpc) is 3.07. The maximum Gasteiger partial charge on any atom is 0.277 e. The van der Waals surface area contributed by atoms with Gasteiger partial charge in [-0.05, 0) is 12.5 Å². The lowest BCUT2D eigenvalue weighted by atomic mass is 9.83. The van der Waals surface area contributed by atoms with E-state index in [1.54, 1.807) is 11.9 Å². The van der Waals surface area contributed by atoms with Gasteiger partial charge in [0.1, 0.15) is 0 Å². The van der Waals surface area contributed by atoms with Crippen molar-refractivity contribution in [1.82, 2.24) is 4.90 Å². The summed E-state index contributed by atoms with van der Waals surface area (Å²) < 4.78 is 0. The zero-order chi connectivity index (χ0) is 16.9. The van der Waals surface area contributed by atoms with E-state index in [4.69, 9.17) is 0 Å². The topological polar surface area (TPSA) is 49.7 Å². The maximum atomic E-state index is 12.9. The minimum Gasteiger partial charge on any atom is -0.328 e. The predicted molar refractivity (Wildman–Crippen MR) is 91.6 cm³/mol. The first-order valence-electron chi connectivity index (χ1n) is 7.82. The van der Waals surface area contributed by atoms with E-state index in [0.29, 0.717) is 16.9 Å². The van der Waals surface area contributed by atoms with Crippen molar-refractivity contribution in [2.24, 2.45) is 4.99 Å². The maximum absolute atomic E-state index is 12.9. The van der Waals surface area contributed by atoms with E-state index in [1.165, 1.54) is 0 Å². The van der Waals surface area contributed by atoms with Crippen molar-refractivity contribution in [1.29, 1.82) is 0 Å². The molecule has 1 atom stereocenters. The molecule has 0 bridgehead atoms. The molecule has 2 heterocycles. The zero-order valence-corrected chi connectivity index (χ0v) is 13.5. The van der Waals surface area contributed by atoms with E-state index in [1.807, 2.05) is 67.6 Å². The molecule has 2 aromatic rings. The molecule has 2 amide bonds. The van der Waals surface area contributed by atoms with Crippen LogP contribution in [-0.4, -0.2) is 29.5 Å². The Hall–Kier alpha value is -3.01. The van der Waals surface area contributed by atoms with Crippen molar-refractivity contribution in [2.75, 3.05) is 7.05 Å². The summed E-state index contributed by atoms with van der Waals surface area (Å²) in [6.07, 6.45) is 0.